The van der Waals surface area contributed by atoms with E-state index in [0.717, 1.165) is 12.2 Å². The predicted octanol–water partition coefficient (Wildman–Crippen LogP) is 3.15. The van der Waals surface area contributed by atoms with Gasteiger partial charge in [0.05, 0.1) is 6.54 Å². The van der Waals surface area contributed by atoms with Crippen molar-refractivity contribution in [2.45, 2.75) is 46.2 Å². The molecule has 19 heavy (non-hydrogen) atoms. The number of amides is 1. The molecule has 4 nitrogen and oxygen atoms in total. The lowest BCUT2D eigenvalue weighted by molar-refractivity contribution is -0.131. The minimum Gasteiger partial charge on any atom is -0.452 e. The van der Waals surface area contributed by atoms with E-state index in [-0.39, 0.29) is 17.4 Å². The summed E-state index contributed by atoms with van der Waals surface area (Å²) in [6.07, 6.45) is 1.20. The van der Waals surface area contributed by atoms with E-state index < -0.39 is 0 Å². The highest BCUT2D eigenvalue weighted by atomic mass is 79.9. The van der Waals surface area contributed by atoms with Crippen LogP contribution in [0, 0.1) is 5.41 Å². The Morgan fingerprint density at radius 2 is 2.11 bits per heavy atom. The van der Waals surface area contributed by atoms with Gasteiger partial charge in [0.15, 0.2) is 4.67 Å². The molecule has 108 valence electrons. The summed E-state index contributed by atoms with van der Waals surface area (Å²) in [6.45, 7) is 6.84. The van der Waals surface area contributed by atoms with Crippen LogP contribution in [0.15, 0.2) is 21.2 Å². The molecule has 0 aliphatic rings. The van der Waals surface area contributed by atoms with Crippen molar-refractivity contribution in [1.82, 2.24) is 4.90 Å². The first-order chi connectivity index (χ1) is 8.67. The van der Waals surface area contributed by atoms with Crippen LogP contribution >= 0.6 is 15.9 Å². The Morgan fingerprint density at radius 1 is 1.47 bits per heavy atom. The number of rotatable bonds is 5. The monoisotopic (exact) mass is 330 g/mol. The molecule has 0 saturated carbocycles. The normalized spacial score (nSPS) is 13.4. The van der Waals surface area contributed by atoms with Crippen LogP contribution in [0.1, 0.15) is 39.4 Å². The Balaban J connectivity index is 2.44. The van der Waals surface area contributed by atoms with Crippen molar-refractivity contribution in [3.05, 3.63) is 22.6 Å². The van der Waals surface area contributed by atoms with Crippen LogP contribution in [0.4, 0.5) is 0 Å². The fraction of sp³-hybridized carbons (Fsp3) is 0.643. The molecule has 0 saturated heterocycles. The molecule has 0 radical (unpaired) electrons. The first kappa shape index (κ1) is 16.2. The summed E-state index contributed by atoms with van der Waals surface area (Å²) in [5.41, 5.74) is 6.16. The number of nitrogens with two attached hydrogens (primary N) is 1. The number of furan rings is 1. The molecule has 1 heterocycles. The van der Waals surface area contributed by atoms with Crippen LogP contribution in [-0.2, 0) is 11.3 Å². The summed E-state index contributed by atoms with van der Waals surface area (Å²) in [5.74, 6) is 0.802. The van der Waals surface area contributed by atoms with Crippen molar-refractivity contribution < 1.29 is 9.21 Å². The third-order valence-corrected chi connectivity index (χ3v) is 3.19. The van der Waals surface area contributed by atoms with Crippen molar-refractivity contribution >= 4 is 21.8 Å². The molecular weight excluding hydrogens is 308 g/mol. The summed E-state index contributed by atoms with van der Waals surface area (Å²) in [6, 6.07) is 3.57. The summed E-state index contributed by atoms with van der Waals surface area (Å²) >= 11 is 3.24. The van der Waals surface area contributed by atoms with E-state index in [2.05, 4.69) is 36.7 Å². The van der Waals surface area contributed by atoms with E-state index in [1.807, 2.05) is 12.1 Å². The lowest BCUT2D eigenvalue weighted by Gasteiger charge is -2.24. The van der Waals surface area contributed by atoms with Gasteiger partial charge in [-0.15, -0.1) is 0 Å². The van der Waals surface area contributed by atoms with Gasteiger partial charge in [0, 0.05) is 19.5 Å². The molecular formula is C14H23BrN2O2. The molecule has 0 spiro atoms. The molecule has 0 fully saturated rings. The molecule has 1 amide bonds. The Hall–Kier alpha value is -0.810. The molecule has 0 aliphatic carbocycles. The van der Waals surface area contributed by atoms with Gasteiger partial charge in [-0.25, -0.2) is 0 Å². The zero-order valence-electron chi connectivity index (χ0n) is 12.1. The quantitative estimate of drug-likeness (QED) is 0.902. The number of hydrogen-bond acceptors (Lipinski definition) is 3. The lowest BCUT2D eigenvalue weighted by atomic mass is 9.87. The van der Waals surface area contributed by atoms with Gasteiger partial charge in [-0.05, 0) is 39.9 Å². The summed E-state index contributed by atoms with van der Waals surface area (Å²) in [7, 11) is 1.77. The van der Waals surface area contributed by atoms with Crippen molar-refractivity contribution in [3.63, 3.8) is 0 Å². The molecule has 1 atom stereocenters. The van der Waals surface area contributed by atoms with E-state index in [0.29, 0.717) is 17.6 Å². The first-order valence-corrected chi connectivity index (χ1v) is 7.20. The van der Waals surface area contributed by atoms with Crippen LogP contribution in [0.25, 0.3) is 0 Å². The number of carbonyl (C=O) groups excluding carboxylic acids is 1. The first-order valence-electron chi connectivity index (χ1n) is 6.41. The minimum atomic E-state index is -0.0988. The third-order valence-electron chi connectivity index (χ3n) is 2.76. The van der Waals surface area contributed by atoms with E-state index in [1.165, 1.54) is 0 Å². The Morgan fingerprint density at radius 3 is 2.58 bits per heavy atom. The number of hydrogen-bond donors (Lipinski definition) is 1. The fourth-order valence-corrected chi connectivity index (χ4v) is 2.34. The Bertz CT molecular complexity index is 423. The van der Waals surface area contributed by atoms with Gasteiger partial charge >= 0.3 is 0 Å². The molecule has 1 unspecified atom stereocenters. The van der Waals surface area contributed by atoms with Crippen molar-refractivity contribution in [3.8, 4) is 0 Å². The second-order valence-electron chi connectivity index (χ2n) is 6.18. The molecule has 0 aliphatic heterocycles. The van der Waals surface area contributed by atoms with Gasteiger partial charge in [-0.3, -0.25) is 4.79 Å². The summed E-state index contributed by atoms with van der Waals surface area (Å²) in [5, 5.41) is 0. The number of halogens is 1. The predicted molar refractivity (Wildman–Crippen MR) is 79.5 cm³/mol. The van der Waals surface area contributed by atoms with Crippen LogP contribution < -0.4 is 5.73 Å². The van der Waals surface area contributed by atoms with Gasteiger partial charge in [-0.2, -0.15) is 0 Å². The largest absolute Gasteiger partial charge is 0.452 e. The highest BCUT2D eigenvalue weighted by Crippen LogP contribution is 2.21. The number of carbonyl (C=O) groups is 1. The van der Waals surface area contributed by atoms with E-state index in [9.17, 15) is 4.79 Å². The standard InChI is InChI=1S/C14H23BrN2O2/c1-14(2,3)8-10(16)7-13(18)17(4)9-11-5-6-12(15)19-11/h5-6,10H,7-9,16H2,1-4H3. The zero-order valence-corrected chi connectivity index (χ0v) is 13.7. The average Bonchev–Trinajstić information content (AvgIpc) is 2.60. The van der Waals surface area contributed by atoms with Crippen molar-refractivity contribution in [2.75, 3.05) is 7.05 Å². The van der Waals surface area contributed by atoms with E-state index in [4.69, 9.17) is 10.2 Å². The van der Waals surface area contributed by atoms with Gasteiger partial charge in [0.25, 0.3) is 0 Å². The molecule has 0 aromatic carbocycles. The maximum absolute atomic E-state index is 12.0. The topological polar surface area (TPSA) is 59.5 Å². The molecule has 1 aromatic rings. The third kappa shape index (κ3) is 6.25. The smallest absolute Gasteiger partial charge is 0.224 e. The van der Waals surface area contributed by atoms with Gasteiger partial charge < -0.3 is 15.1 Å². The van der Waals surface area contributed by atoms with Gasteiger partial charge in [0.1, 0.15) is 5.76 Å². The van der Waals surface area contributed by atoms with E-state index in [1.54, 1.807) is 11.9 Å². The second-order valence-corrected chi connectivity index (χ2v) is 6.97. The molecule has 1 aromatic heterocycles. The molecule has 1 rings (SSSR count). The Kier molecular flexibility index (Phi) is 5.62. The zero-order chi connectivity index (χ0) is 14.6. The minimum absolute atomic E-state index is 0.0456. The number of nitrogens with zero attached hydrogens (tertiary/aromatic N) is 1. The molecule has 2 N–H and O–H groups in total. The highest BCUT2D eigenvalue weighted by molar-refractivity contribution is 9.10. The molecule has 5 heteroatoms. The van der Waals surface area contributed by atoms with Crippen LogP contribution in [0.2, 0.25) is 0 Å². The fourth-order valence-electron chi connectivity index (χ4n) is 2.00. The summed E-state index contributed by atoms with van der Waals surface area (Å²) < 4.78 is 6.06. The van der Waals surface area contributed by atoms with E-state index >= 15 is 0 Å². The maximum Gasteiger partial charge on any atom is 0.224 e. The van der Waals surface area contributed by atoms with Gasteiger partial charge in [-0.1, -0.05) is 20.8 Å². The van der Waals surface area contributed by atoms with Gasteiger partial charge in [0.2, 0.25) is 5.91 Å². The second kappa shape index (κ2) is 6.57. The SMILES string of the molecule is CN(Cc1ccc(Br)o1)C(=O)CC(N)CC(C)(C)C. The lowest BCUT2D eigenvalue weighted by Crippen LogP contribution is -2.35. The highest BCUT2D eigenvalue weighted by Gasteiger charge is 2.20. The summed E-state index contributed by atoms with van der Waals surface area (Å²) in [4.78, 5) is 13.7. The van der Waals surface area contributed by atoms with Crippen LogP contribution in [0.3, 0.4) is 0 Å². The van der Waals surface area contributed by atoms with Crippen molar-refractivity contribution in [1.29, 1.82) is 0 Å². The average molecular weight is 331 g/mol. The van der Waals surface area contributed by atoms with Crippen LogP contribution in [0.5, 0.6) is 0 Å². The Labute approximate surface area is 123 Å². The molecule has 0 bridgehead atoms. The van der Waals surface area contributed by atoms with Crippen molar-refractivity contribution in [2.24, 2.45) is 11.1 Å². The maximum atomic E-state index is 12.0. The van der Waals surface area contributed by atoms with Crippen LogP contribution in [-0.4, -0.2) is 23.9 Å².